The topological polar surface area (TPSA) is 77.2 Å². The van der Waals surface area contributed by atoms with E-state index < -0.39 is 0 Å². The molecule has 0 aliphatic carbocycles. The van der Waals surface area contributed by atoms with Gasteiger partial charge in [-0.25, -0.2) is 10.8 Å². The van der Waals surface area contributed by atoms with E-state index in [1.807, 2.05) is 30.4 Å². The van der Waals surface area contributed by atoms with Gasteiger partial charge >= 0.3 is 6.01 Å². The minimum absolute atomic E-state index is 0. The van der Waals surface area contributed by atoms with Crippen LogP contribution in [0.1, 0.15) is 17.4 Å². The van der Waals surface area contributed by atoms with Gasteiger partial charge in [-0.05, 0) is 36.9 Å². The van der Waals surface area contributed by atoms with Gasteiger partial charge in [0.25, 0.3) is 0 Å². The molecule has 2 aromatic rings. The van der Waals surface area contributed by atoms with Crippen LogP contribution in [-0.2, 0) is 0 Å². The van der Waals surface area contributed by atoms with Gasteiger partial charge in [-0.3, -0.25) is 0 Å². The van der Waals surface area contributed by atoms with Crippen molar-refractivity contribution >= 4 is 24.2 Å². The van der Waals surface area contributed by atoms with Gasteiger partial charge in [-0.2, -0.15) is 9.97 Å². The summed E-state index contributed by atoms with van der Waals surface area (Å²) in [7, 11) is 1.54. The maximum absolute atomic E-state index is 5.97. The molecule has 1 atom stereocenters. The van der Waals surface area contributed by atoms with Crippen LogP contribution in [0.5, 0.6) is 6.01 Å². The number of nitrogens with two attached hydrogens (primary N) is 1. The van der Waals surface area contributed by atoms with Crippen LogP contribution in [0.15, 0.2) is 58.7 Å². The molecule has 0 saturated heterocycles. The van der Waals surface area contributed by atoms with Crippen molar-refractivity contribution in [2.24, 2.45) is 5.84 Å². The average molecular weight is 364 g/mol. The van der Waals surface area contributed by atoms with Gasteiger partial charge in [-0.15, -0.1) is 12.4 Å². The third-order valence-corrected chi connectivity index (χ3v) is 4.15. The molecule has 1 aliphatic heterocycles. The minimum atomic E-state index is -0.241. The number of halogens is 1. The van der Waals surface area contributed by atoms with E-state index in [4.69, 9.17) is 10.6 Å². The summed E-state index contributed by atoms with van der Waals surface area (Å²) in [5.74, 6) is 6.52. The van der Waals surface area contributed by atoms with E-state index in [1.165, 1.54) is 24.4 Å². The lowest BCUT2D eigenvalue weighted by Gasteiger charge is -2.24. The third kappa shape index (κ3) is 4.25. The highest BCUT2D eigenvalue weighted by Crippen LogP contribution is 2.28. The van der Waals surface area contributed by atoms with Gasteiger partial charge < -0.3 is 9.75 Å². The Kier molecular flexibility index (Phi) is 6.19. The number of nitrogens with zero attached hydrogens (tertiary/aromatic N) is 4. The van der Waals surface area contributed by atoms with Gasteiger partial charge in [0.1, 0.15) is 6.04 Å². The van der Waals surface area contributed by atoms with Crippen molar-refractivity contribution in [3.8, 4) is 6.01 Å². The third-order valence-electron chi connectivity index (χ3n) is 3.27. The van der Waals surface area contributed by atoms with Gasteiger partial charge in [0, 0.05) is 11.1 Å². The van der Waals surface area contributed by atoms with E-state index in [2.05, 4.69) is 34.0 Å². The number of rotatable bonds is 4. The number of allylic oxidation sites excluding steroid dienone is 2. The van der Waals surface area contributed by atoms with Crippen LogP contribution in [0.2, 0.25) is 0 Å². The monoisotopic (exact) mass is 363 g/mol. The van der Waals surface area contributed by atoms with Crippen LogP contribution in [-0.4, -0.2) is 27.1 Å². The molecule has 1 aliphatic rings. The highest BCUT2D eigenvalue weighted by Gasteiger charge is 2.20. The van der Waals surface area contributed by atoms with E-state index >= 15 is 0 Å². The summed E-state index contributed by atoms with van der Waals surface area (Å²) in [6, 6.07) is 8.22. The zero-order chi connectivity index (χ0) is 16.2. The Bertz CT molecular complexity index is 751. The summed E-state index contributed by atoms with van der Waals surface area (Å²) in [5.41, 5.74) is 1.21. The fourth-order valence-electron chi connectivity index (χ4n) is 2.06. The van der Waals surface area contributed by atoms with Gasteiger partial charge in [0.05, 0.1) is 7.11 Å². The van der Waals surface area contributed by atoms with Crippen LogP contribution in [0.25, 0.3) is 0 Å². The summed E-state index contributed by atoms with van der Waals surface area (Å²) >= 11 is 1.46. The van der Waals surface area contributed by atoms with Crippen molar-refractivity contribution in [1.29, 1.82) is 0 Å². The van der Waals surface area contributed by atoms with E-state index in [1.54, 1.807) is 11.2 Å². The quantitative estimate of drug-likeness (QED) is 0.836. The van der Waals surface area contributed by atoms with Crippen LogP contribution in [0.3, 0.4) is 0 Å². The zero-order valence-corrected chi connectivity index (χ0v) is 14.9. The Hall–Kier alpha value is -2.09. The van der Waals surface area contributed by atoms with Crippen molar-refractivity contribution in [2.75, 3.05) is 7.11 Å². The normalized spacial score (nSPS) is 16.0. The summed E-state index contributed by atoms with van der Waals surface area (Å²) in [6.07, 6.45) is 7.47. The smallest absolute Gasteiger partial charge is 0.320 e. The van der Waals surface area contributed by atoms with Crippen LogP contribution < -0.4 is 10.6 Å². The first-order chi connectivity index (χ1) is 11.2. The lowest BCUT2D eigenvalue weighted by Crippen LogP contribution is -2.31. The van der Waals surface area contributed by atoms with Crippen LogP contribution >= 0.6 is 24.2 Å². The molecule has 0 fully saturated rings. The Morgan fingerprint density at radius 3 is 2.54 bits per heavy atom. The largest absolute Gasteiger partial charge is 0.467 e. The van der Waals surface area contributed by atoms with Crippen molar-refractivity contribution in [3.63, 3.8) is 0 Å². The number of methoxy groups -OCH3 is 1. The molecule has 1 unspecified atom stereocenters. The SMILES string of the molecule is COc1nc(Sc2ccc(C)cc2)nc(C2C=CC=CN2N)n1.Cl. The summed E-state index contributed by atoms with van der Waals surface area (Å²) < 4.78 is 5.20. The molecule has 0 saturated carbocycles. The fourth-order valence-corrected chi connectivity index (χ4v) is 2.81. The number of ether oxygens (including phenoxy) is 1. The Balaban J connectivity index is 0.00000208. The summed E-state index contributed by atoms with van der Waals surface area (Å²) in [6.45, 7) is 2.05. The lowest BCUT2D eigenvalue weighted by atomic mass is 10.2. The molecule has 0 bridgehead atoms. The molecule has 8 heteroatoms. The fraction of sp³-hybridized carbons (Fsp3) is 0.188. The van der Waals surface area contributed by atoms with Gasteiger partial charge in [0.15, 0.2) is 11.0 Å². The molecule has 2 heterocycles. The first-order valence-corrected chi connectivity index (χ1v) is 7.90. The van der Waals surface area contributed by atoms with Crippen molar-refractivity contribution in [1.82, 2.24) is 20.0 Å². The summed E-state index contributed by atoms with van der Waals surface area (Å²) in [5, 5.41) is 2.13. The first kappa shape index (κ1) is 18.3. The number of hydrazine groups is 1. The van der Waals surface area contributed by atoms with E-state index in [9.17, 15) is 0 Å². The number of benzene rings is 1. The molecule has 6 nitrogen and oxygen atoms in total. The lowest BCUT2D eigenvalue weighted by molar-refractivity contribution is 0.309. The molecule has 2 N–H and O–H groups in total. The number of hydrogen-bond acceptors (Lipinski definition) is 7. The molecule has 24 heavy (non-hydrogen) atoms. The first-order valence-electron chi connectivity index (χ1n) is 7.08. The standard InChI is InChI=1S/C16H17N5OS.ClH/c1-11-6-8-12(9-7-11)23-16-19-14(18-15(20-16)22-2)13-5-3-4-10-21(13)17;/h3-10,13H,17H2,1-2H3;1H. The molecular formula is C16H18ClN5OS. The number of aryl methyl sites for hydroxylation is 1. The Morgan fingerprint density at radius 1 is 1.12 bits per heavy atom. The Morgan fingerprint density at radius 2 is 1.88 bits per heavy atom. The number of aromatic nitrogens is 3. The number of hydrogen-bond donors (Lipinski definition) is 1. The predicted molar refractivity (Wildman–Crippen MR) is 96.0 cm³/mol. The van der Waals surface area contributed by atoms with E-state index in [-0.39, 0.29) is 24.5 Å². The Labute approximate surface area is 151 Å². The predicted octanol–water partition coefficient (Wildman–Crippen LogP) is 3.06. The molecule has 0 radical (unpaired) electrons. The molecular weight excluding hydrogens is 346 g/mol. The highest BCUT2D eigenvalue weighted by atomic mass is 35.5. The van der Waals surface area contributed by atoms with Crippen molar-refractivity contribution < 1.29 is 4.74 Å². The molecule has 0 spiro atoms. The zero-order valence-electron chi connectivity index (χ0n) is 13.3. The second kappa shape index (κ2) is 8.14. The van der Waals surface area contributed by atoms with E-state index in [0.717, 1.165) is 4.90 Å². The van der Waals surface area contributed by atoms with E-state index in [0.29, 0.717) is 11.0 Å². The van der Waals surface area contributed by atoms with Crippen molar-refractivity contribution in [2.45, 2.75) is 23.0 Å². The molecule has 1 aromatic heterocycles. The molecule has 0 amide bonds. The van der Waals surface area contributed by atoms with Gasteiger partial charge in [0.2, 0.25) is 0 Å². The average Bonchev–Trinajstić information content (AvgIpc) is 2.57. The second-order valence-corrected chi connectivity index (χ2v) is 6.04. The second-order valence-electron chi connectivity index (χ2n) is 5.00. The van der Waals surface area contributed by atoms with Gasteiger partial charge in [-0.1, -0.05) is 29.8 Å². The van der Waals surface area contributed by atoms with Crippen molar-refractivity contribution in [3.05, 3.63) is 60.1 Å². The van der Waals surface area contributed by atoms with Crippen LogP contribution in [0.4, 0.5) is 0 Å². The highest BCUT2D eigenvalue weighted by molar-refractivity contribution is 7.99. The summed E-state index contributed by atoms with van der Waals surface area (Å²) in [4.78, 5) is 14.2. The van der Waals surface area contributed by atoms with Crippen LogP contribution in [0, 0.1) is 6.92 Å². The molecule has 1 aromatic carbocycles. The maximum Gasteiger partial charge on any atom is 0.320 e. The minimum Gasteiger partial charge on any atom is -0.467 e. The maximum atomic E-state index is 5.97. The molecule has 126 valence electrons. The molecule has 3 rings (SSSR count).